The molecule has 0 aliphatic heterocycles. The largest absolute Gasteiger partial charge is 0.389 e. The molecule has 0 aromatic heterocycles. The minimum absolute atomic E-state index is 0.617. The van der Waals surface area contributed by atoms with Crippen molar-refractivity contribution >= 4 is 0 Å². The van der Waals surface area contributed by atoms with E-state index in [0.29, 0.717) is 12.5 Å². The van der Waals surface area contributed by atoms with Gasteiger partial charge in [-0.3, -0.25) is 4.90 Å². The lowest BCUT2D eigenvalue weighted by atomic mass is 10.1. The van der Waals surface area contributed by atoms with Crippen molar-refractivity contribution in [3.63, 3.8) is 0 Å². The average molecular weight is 231 g/mol. The number of rotatable bonds is 9. The van der Waals surface area contributed by atoms with Crippen LogP contribution >= 0.6 is 0 Å². The number of aliphatic hydroxyl groups is 1. The normalized spacial score (nSPS) is 12.8. The molecule has 0 atom stereocenters. The van der Waals surface area contributed by atoms with E-state index < -0.39 is 5.60 Å². The molecule has 98 valence electrons. The maximum absolute atomic E-state index is 9.71. The molecule has 0 rings (SSSR count). The van der Waals surface area contributed by atoms with Gasteiger partial charge in [0.05, 0.1) is 12.2 Å². The highest BCUT2D eigenvalue weighted by molar-refractivity contribution is 4.71. The number of nitrogens with zero attached hydrogens (tertiary/aromatic N) is 1. The topological polar surface area (TPSA) is 32.7 Å². The minimum atomic E-state index is -0.617. The zero-order valence-corrected chi connectivity index (χ0v) is 11.6. The molecule has 0 spiro atoms. The Morgan fingerprint density at radius 3 is 2.31 bits per heavy atom. The first-order valence-electron chi connectivity index (χ1n) is 6.37. The predicted octanol–water partition coefficient (Wildman–Crippen LogP) is 2.14. The predicted molar refractivity (Wildman–Crippen MR) is 68.7 cm³/mol. The average Bonchev–Trinajstić information content (AvgIpc) is 2.13. The summed E-state index contributed by atoms with van der Waals surface area (Å²) in [5.41, 5.74) is -0.617. The Morgan fingerprint density at radius 2 is 1.88 bits per heavy atom. The Kier molecular flexibility index (Phi) is 7.98. The summed E-state index contributed by atoms with van der Waals surface area (Å²) in [5, 5.41) is 9.71. The molecule has 3 nitrogen and oxygen atoms in total. The Hall–Kier alpha value is -0.120. The molecular weight excluding hydrogens is 202 g/mol. The second-order valence-corrected chi connectivity index (χ2v) is 5.48. The van der Waals surface area contributed by atoms with Gasteiger partial charge in [0.25, 0.3) is 0 Å². The fourth-order valence-corrected chi connectivity index (χ4v) is 1.51. The van der Waals surface area contributed by atoms with Crippen molar-refractivity contribution in [2.75, 3.05) is 32.8 Å². The smallest absolute Gasteiger partial charge is 0.0718 e. The Bertz CT molecular complexity index is 164. The summed E-state index contributed by atoms with van der Waals surface area (Å²) >= 11 is 0. The van der Waals surface area contributed by atoms with E-state index >= 15 is 0 Å². The molecule has 0 fully saturated rings. The third-order valence-electron chi connectivity index (χ3n) is 2.45. The van der Waals surface area contributed by atoms with Crippen LogP contribution in [0.5, 0.6) is 0 Å². The monoisotopic (exact) mass is 231 g/mol. The van der Waals surface area contributed by atoms with Gasteiger partial charge in [-0.1, -0.05) is 20.8 Å². The summed E-state index contributed by atoms with van der Waals surface area (Å²) in [5.74, 6) is 0.707. The second kappa shape index (κ2) is 8.04. The van der Waals surface area contributed by atoms with Crippen LogP contribution in [0.2, 0.25) is 0 Å². The van der Waals surface area contributed by atoms with E-state index in [1.807, 2.05) is 13.8 Å². The number of ether oxygens (including phenoxy) is 1. The Morgan fingerprint density at radius 1 is 1.25 bits per heavy atom. The van der Waals surface area contributed by atoms with Gasteiger partial charge in [-0.15, -0.1) is 0 Å². The lowest BCUT2D eigenvalue weighted by Gasteiger charge is -2.27. The van der Waals surface area contributed by atoms with Crippen LogP contribution in [0.15, 0.2) is 0 Å². The van der Waals surface area contributed by atoms with Gasteiger partial charge in [-0.2, -0.15) is 0 Å². The van der Waals surface area contributed by atoms with Gasteiger partial charge < -0.3 is 9.84 Å². The maximum atomic E-state index is 9.71. The van der Waals surface area contributed by atoms with E-state index in [1.165, 1.54) is 0 Å². The molecule has 0 amide bonds. The molecule has 0 saturated carbocycles. The van der Waals surface area contributed by atoms with Gasteiger partial charge in [0, 0.05) is 19.7 Å². The van der Waals surface area contributed by atoms with Crippen LogP contribution < -0.4 is 0 Å². The highest BCUT2D eigenvalue weighted by Gasteiger charge is 2.16. The van der Waals surface area contributed by atoms with Crippen molar-refractivity contribution in [1.82, 2.24) is 4.90 Å². The van der Waals surface area contributed by atoms with Gasteiger partial charge >= 0.3 is 0 Å². The highest BCUT2D eigenvalue weighted by atomic mass is 16.5. The molecule has 0 aliphatic rings. The van der Waals surface area contributed by atoms with E-state index in [4.69, 9.17) is 4.74 Å². The molecule has 0 radical (unpaired) electrons. The number of likely N-dealkylation sites (N-methyl/N-ethyl adjacent to an activating group) is 1. The SMILES string of the molecule is CCN(CCOCCC(C)C)CC(C)(C)O. The Labute approximate surface area is 101 Å². The lowest BCUT2D eigenvalue weighted by Crippen LogP contribution is -2.40. The van der Waals surface area contributed by atoms with Crippen LogP contribution in [-0.4, -0.2) is 48.5 Å². The van der Waals surface area contributed by atoms with Crippen LogP contribution in [0.3, 0.4) is 0 Å². The first-order valence-corrected chi connectivity index (χ1v) is 6.37. The zero-order valence-electron chi connectivity index (χ0n) is 11.6. The van der Waals surface area contributed by atoms with Gasteiger partial charge in [-0.25, -0.2) is 0 Å². The molecular formula is C13H29NO2. The van der Waals surface area contributed by atoms with Gasteiger partial charge in [0.1, 0.15) is 0 Å². The standard InChI is InChI=1S/C13H29NO2/c1-6-14(11-13(4,5)15)8-10-16-9-7-12(2)3/h12,15H,6-11H2,1-5H3. The molecule has 0 aromatic carbocycles. The van der Waals surface area contributed by atoms with E-state index in [-0.39, 0.29) is 0 Å². The molecule has 0 aromatic rings. The molecule has 16 heavy (non-hydrogen) atoms. The summed E-state index contributed by atoms with van der Waals surface area (Å²) in [6.07, 6.45) is 1.12. The van der Waals surface area contributed by atoms with Crippen LogP contribution in [-0.2, 0) is 4.74 Å². The van der Waals surface area contributed by atoms with Gasteiger partial charge in [-0.05, 0) is 32.7 Å². The number of hydrogen-bond donors (Lipinski definition) is 1. The molecule has 1 N–H and O–H groups in total. The fraction of sp³-hybridized carbons (Fsp3) is 1.00. The third kappa shape index (κ3) is 10.4. The third-order valence-corrected chi connectivity index (χ3v) is 2.45. The van der Waals surface area contributed by atoms with E-state index in [9.17, 15) is 5.11 Å². The Balaban J connectivity index is 3.56. The van der Waals surface area contributed by atoms with Gasteiger partial charge in [0.15, 0.2) is 0 Å². The highest BCUT2D eigenvalue weighted by Crippen LogP contribution is 2.04. The van der Waals surface area contributed by atoms with E-state index in [2.05, 4.69) is 25.7 Å². The van der Waals surface area contributed by atoms with Crippen LogP contribution in [0.4, 0.5) is 0 Å². The summed E-state index contributed by atoms with van der Waals surface area (Å²) < 4.78 is 5.57. The molecule has 0 saturated heterocycles. The lowest BCUT2D eigenvalue weighted by molar-refractivity contribution is 0.0240. The summed E-state index contributed by atoms with van der Waals surface area (Å²) in [6.45, 7) is 14.4. The molecule has 0 heterocycles. The first-order chi connectivity index (χ1) is 7.35. The van der Waals surface area contributed by atoms with Crippen molar-refractivity contribution in [3.8, 4) is 0 Å². The van der Waals surface area contributed by atoms with Crippen LogP contribution in [0.1, 0.15) is 41.0 Å². The van der Waals surface area contributed by atoms with Crippen molar-refractivity contribution < 1.29 is 9.84 Å². The second-order valence-electron chi connectivity index (χ2n) is 5.48. The van der Waals surface area contributed by atoms with Crippen LogP contribution in [0, 0.1) is 5.92 Å². The van der Waals surface area contributed by atoms with Crippen molar-refractivity contribution in [1.29, 1.82) is 0 Å². The van der Waals surface area contributed by atoms with E-state index in [0.717, 1.165) is 32.7 Å². The van der Waals surface area contributed by atoms with Crippen LogP contribution in [0.25, 0.3) is 0 Å². The van der Waals surface area contributed by atoms with E-state index in [1.54, 1.807) is 0 Å². The first kappa shape index (κ1) is 15.9. The van der Waals surface area contributed by atoms with Crippen molar-refractivity contribution in [2.24, 2.45) is 5.92 Å². The minimum Gasteiger partial charge on any atom is -0.389 e. The molecule has 0 aliphatic carbocycles. The van der Waals surface area contributed by atoms with Gasteiger partial charge in [0.2, 0.25) is 0 Å². The van der Waals surface area contributed by atoms with Crippen molar-refractivity contribution in [3.05, 3.63) is 0 Å². The molecule has 0 bridgehead atoms. The summed E-state index contributed by atoms with van der Waals surface area (Å²) in [6, 6.07) is 0. The van der Waals surface area contributed by atoms with Crippen molar-refractivity contribution in [2.45, 2.75) is 46.6 Å². The zero-order chi connectivity index (χ0) is 12.6. The fourth-order valence-electron chi connectivity index (χ4n) is 1.51. The molecule has 3 heteroatoms. The summed E-state index contributed by atoms with van der Waals surface area (Å²) in [4.78, 5) is 2.22. The summed E-state index contributed by atoms with van der Waals surface area (Å²) in [7, 11) is 0. The molecule has 0 unspecified atom stereocenters. The number of hydrogen-bond acceptors (Lipinski definition) is 3. The quantitative estimate of drug-likeness (QED) is 0.617. The maximum Gasteiger partial charge on any atom is 0.0718 e.